The molecule has 0 saturated carbocycles. The van der Waals surface area contributed by atoms with Crippen molar-refractivity contribution in [2.75, 3.05) is 0 Å². The van der Waals surface area contributed by atoms with Crippen molar-refractivity contribution in [1.82, 2.24) is 9.97 Å². The van der Waals surface area contributed by atoms with Crippen LogP contribution in [0.15, 0.2) is 60.8 Å². The van der Waals surface area contributed by atoms with E-state index in [1.54, 1.807) is 6.20 Å². The van der Waals surface area contributed by atoms with Gasteiger partial charge in [-0.05, 0) is 6.07 Å². The predicted molar refractivity (Wildman–Crippen MR) is 82.9 cm³/mol. The van der Waals surface area contributed by atoms with E-state index in [2.05, 4.69) is 9.97 Å². The van der Waals surface area contributed by atoms with Gasteiger partial charge in [-0.2, -0.15) is 0 Å². The first-order valence-electron chi connectivity index (χ1n) is 6.08. The maximum Gasteiger partial charge on any atom is 0.160 e. The molecule has 0 saturated heterocycles. The minimum atomic E-state index is 0.395. The third kappa shape index (κ3) is 2.53. The molecular weight excluding hydrogens is 291 g/mol. The first kappa shape index (κ1) is 13.1. The summed E-state index contributed by atoms with van der Waals surface area (Å²) in [7, 11) is 0. The van der Waals surface area contributed by atoms with Gasteiger partial charge >= 0.3 is 0 Å². The molecule has 2 nitrogen and oxygen atoms in total. The fraction of sp³-hybridized carbons (Fsp3) is 0. The van der Waals surface area contributed by atoms with E-state index in [0.29, 0.717) is 16.0 Å². The van der Waals surface area contributed by atoms with Crippen LogP contribution >= 0.6 is 23.2 Å². The Morgan fingerprint density at radius 3 is 2.15 bits per heavy atom. The number of hydrogen-bond acceptors (Lipinski definition) is 2. The molecule has 0 atom stereocenters. The summed E-state index contributed by atoms with van der Waals surface area (Å²) < 4.78 is 0. The molecule has 3 aromatic rings. The van der Waals surface area contributed by atoms with E-state index in [1.807, 2.05) is 54.6 Å². The van der Waals surface area contributed by atoms with Gasteiger partial charge in [0.15, 0.2) is 5.82 Å². The molecule has 0 bridgehead atoms. The number of nitrogens with zero attached hydrogens (tertiary/aromatic N) is 2. The van der Waals surface area contributed by atoms with Gasteiger partial charge in [-0.1, -0.05) is 71.7 Å². The Kier molecular flexibility index (Phi) is 3.68. The molecule has 0 unspecified atom stereocenters. The lowest BCUT2D eigenvalue weighted by atomic mass is 10.1. The zero-order chi connectivity index (χ0) is 13.9. The fourth-order valence-corrected chi connectivity index (χ4v) is 2.42. The molecule has 0 amide bonds. The summed E-state index contributed by atoms with van der Waals surface area (Å²) in [6.45, 7) is 0. The van der Waals surface area contributed by atoms with E-state index in [0.717, 1.165) is 16.7 Å². The molecule has 0 aliphatic carbocycles. The van der Waals surface area contributed by atoms with Crippen LogP contribution in [0.1, 0.15) is 0 Å². The summed E-state index contributed by atoms with van der Waals surface area (Å²) in [5.41, 5.74) is 2.50. The smallest absolute Gasteiger partial charge is 0.160 e. The quantitative estimate of drug-likeness (QED) is 0.614. The van der Waals surface area contributed by atoms with Crippen LogP contribution in [0.25, 0.3) is 22.5 Å². The fourth-order valence-electron chi connectivity index (χ4n) is 1.95. The van der Waals surface area contributed by atoms with E-state index < -0.39 is 0 Å². The van der Waals surface area contributed by atoms with Gasteiger partial charge in [0.25, 0.3) is 0 Å². The Bertz CT molecular complexity index is 742. The van der Waals surface area contributed by atoms with Crippen molar-refractivity contribution in [1.29, 1.82) is 0 Å². The molecule has 98 valence electrons. The van der Waals surface area contributed by atoms with Crippen LogP contribution in [0.3, 0.4) is 0 Å². The van der Waals surface area contributed by atoms with Crippen molar-refractivity contribution in [3.05, 3.63) is 71.0 Å². The second-order valence-electron chi connectivity index (χ2n) is 4.24. The van der Waals surface area contributed by atoms with Crippen LogP contribution in [-0.4, -0.2) is 9.97 Å². The third-order valence-electron chi connectivity index (χ3n) is 2.94. The van der Waals surface area contributed by atoms with E-state index in [9.17, 15) is 0 Å². The molecule has 4 heteroatoms. The van der Waals surface area contributed by atoms with Crippen molar-refractivity contribution in [3.63, 3.8) is 0 Å². The molecule has 0 N–H and O–H groups in total. The number of hydrogen-bond donors (Lipinski definition) is 0. The molecular formula is C16H10Cl2N2. The van der Waals surface area contributed by atoms with Gasteiger partial charge in [0.05, 0.1) is 0 Å². The van der Waals surface area contributed by atoms with Crippen LogP contribution in [-0.2, 0) is 0 Å². The molecule has 0 fully saturated rings. The zero-order valence-electron chi connectivity index (χ0n) is 10.4. The van der Waals surface area contributed by atoms with Crippen molar-refractivity contribution in [3.8, 4) is 22.5 Å². The van der Waals surface area contributed by atoms with Crippen LogP contribution in [0.4, 0.5) is 0 Å². The lowest BCUT2D eigenvalue weighted by molar-refractivity contribution is 1.18. The maximum atomic E-state index is 6.28. The molecule has 0 aliphatic rings. The monoisotopic (exact) mass is 300 g/mol. The topological polar surface area (TPSA) is 25.8 Å². The second kappa shape index (κ2) is 5.61. The molecule has 0 aliphatic heterocycles. The summed E-state index contributed by atoms with van der Waals surface area (Å²) in [6.07, 6.45) is 1.71. The van der Waals surface area contributed by atoms with Gasteiger partial charge in [-0.3, -0.25) is 0 Å². The minimum Gasteiger partial charge on any atom is -0.236 e. The van der Waals surface area contributed by atoms with Crippen molar-refractivity contribution >= 4 is 23.2 Å². The molecule has 3 rings (SSSR count). The lowest BCUT2D eigenvalue weighted by Gasteiger charge is -2.07. The molecule has 2 aromatic carbocycles. The highest BCUT2D eigenvalue weighted by Crippen LogP contribution is 2.32. The maximum absolute atomic E-state index is 6.28. The lowest BCUT2D eigenvalue weighted by Crippen LogP contribution is -1.92. The van der Waals surface area contributed by atoms with Crippen LogP contribution in [0, 0.1) is 0 Å². The SMILES string of the molecule is Clc1ccccc1-c1cnc(-c2ccccc2)nc1Cl. The average molecular weight is 301 g/mol. The Labute approximate surface area is 127 Å². The summed E-state index contributed by atoms with van der Waals surface area (Å²) in [5, 5.41) is 1.03. The van der Waals surface area contributed by atoms with Crippen LogP contribution in [0.2, 0.25) is 10.2 Å². The van der Waals surface area contributed by atoms with E-state index in [1.165, 1.54) is 0 Å². The van der Waals surface area contributed by atoms with Crippen molar-refractivity contribution in [2.45, 2.75) is 0 Å². The van der Waals surface area contributed by atoms with Crippen LogP contribution < -0.4 is 0 Å². The summed E-state index contributed by atoms with van der Waals surface area (Å²) >= 11 is 12.4. The molecule has 0 radical (unpaired) electrons. The van der Waals surface area contributed by atoms with E-state index in [-0.39, 0.29) is 0 Å². The Morgan fingerprint density at radius 2 is 1.45 bits per heavy atom. The van der Waals surface area contributed by atoms with Gasteiger partial charge in [-0.25, -0.2) is 9.97 Å². The zero-order valence-corrected chi connectivity index (χ0v) is 11.9. The Morgan fingerprint density at radius 1 is 0.750 bits per heavy atom. The van der Waals surface area contributed by atoms with Crippen molar-refractivity contribution in [2.24, 2.45) is 0 Å². The molecule has 1 aromatic heterocycles. The predicted octanol–water partition coefficient (Wildman–Crippen LogP) is 5.12. The first-order valence-corrected chi connectivity index (χ1v) is 6.84. The molecule has 20 heavy (non-hydrogen) atoms. The summed E-state index contributed by atoms with van der Waals surface area (Å²) in [4.78, 5) is 8.73. The van der Waals surface area contributed by atoms with Gasteiger partial charge in [0, 0.05) is 27.9 Å². The van der Waals surface area contributed by atoms with Gasteiger partial charge in [-0.15, -0.1) is 0 Å². The van der Waals surface area contributed by atoms with E-state index in [4.69, 9.17) is 23.2 Å². The van der Waals surface area contributed by atoms with Crippen LogP contribution in [0.5, 0.6) is 0 Å². The normalized spacial score (nSPS) is 10.5. The first-order chi connectivity index (χ1) is 9.75. The largest absolute Gasteiger partial charge is 0.236 e. The minimum absolute atomic E-state index is 0.395. The summed E-state index contributed by atoms with van der Waals surface area (Å²) in [5.74, 6) is 0.603. The number of benzene rings is 2. The third-order valence-corrected chi connectivity index (χ3v) is 3.56. The Balaban J connectivity index is 2.07. The van der Waals surface area contributed by atoms with E-state index >= 15 is 0 Å². The number of rotatable bonds is 2. The van der Waals surface area contributed by atoms with Gasteiger partial charge in [0.1, 0.15) is 5.15 Å². The second-order valence-corrected chi connectivity index (χ2v) is 5.01. The van der Waals surface area contributed by atoms with Gasteiger partial charge in [0.2, 0.25) is 0 Å². The highest BCUT2D eigenvalue weighted by molar-refractivity contribution is 6.35. The Hall–Kier alpha value is -1.90. The summed E-state index contributed by atoms with van der Waals surface area (Å²) in [6, 6.07) is 17.2. The average Bonchev–Trinajstić information content (AvgIpc) is 2.49. The molecule has 1 heterocycles. The standard InChI is InChI=1S/C16H10Cl2N2/c17-14-9-5-4-8-12(14)13-10-19-16(20-15(13)18)11-6-2-1-3-7-11/h1-10H. The number of halogens is 2. The van der Waals surface area contributed by atoms with Gasteiger partial charge < -0.3 is 0 Å². The van der Waals surface area contributed by atoms with Crippen molar-refractivity contribution < 1.29 is 0 Å². The number of aromatic nitrogens is 2. The highest BCUT2D eigenvalue weighted by Gasteiger charge is 2.11. The highest BCUT2D eigenvalue weighted by atomic mass is 35.5. The molecule has 0 spiro atoms.